The molecule has 9 heteroatoms. The van der Waals surface area contributed by atoms with Gasteiger partial charge in [0, 0.05) is 33.1 Å². The van der Waals surface area contributed by atoms with Gasteiger partial charge in [-0.3, -0.25) is 9.79 Å². The monoisotopic (exact) mass is 462 g/mol. The van der Waals surface area contributed by atoms with Gasteiger partial charge in [-0.25, -0.2) is 0 Å². The highest BCUT2D eigenvalue weighted by atomic mass is 127. The lowest BCUT2D eigenvalue weighted by Crippen LogP contribution is -2.40. The Kier molecular flexibility index (Phi) is 7.03. The van der Waals surface area contributed by atoms with Crippen LogP contribution in [0.3, 0.4) is 0 Å². The van der Waals surface area contributed by atoms with Gasteiger partial charge < -0.3 is 19.5 Å². The fourth-order valence-corrected chi connectivity index (χ4v) is 3.59. The van der Waals surface area contributed by atoms with Crippen molar-refractivity contribution in [2.24, 2.45) is 16.8 Å². The summed E-state index contributed by atoms with van der Waals surface area (Å²) in [6, 6.07) is 0. The number of halogens is 1. The van der Waals surface area contributed by atoms with Crippen molar-refractivity contribution in [3.05, 3.63) is 11.6 Å². The maximum atomic E-state index is 11.9. The van der Waals surface area contributed by atoms with E-state index in [1.54, 1.807) is 7.05 Å². The number of rotatable bonds is 3. The first-order valence-corrected chi connectivity index (χ1v) is 8.58. The SMILES string of the molecule is CN=C(NCc1nnc2n1CCCC2)N1CC(C)C(C(=O)OC)C1.I. The Hall–Kier alpha value is -1.39. The van der Waals surface area contributed by atoms with E-state index in [0.717, 1.165) is 37.1 Å². The predicted octanol–water partition coefficient (Wildman–Crippen LogP) is 1.05. The first-order chi connectivity index (χ1) is 11.6. The Morgan fingerprint density at radius 3 is 2.88 bits per heavy atom. The fraction of sp³-hybridized carbons (Fsp3) is 0.750. The van der Waals surface area contributed by atoms with Gasteiger partial charge in [0.05, 0.1) is 19.6 Å². The molecule has 0 radical (unpaired) electrons. The van der Waals surface area contributed by atoms with Crippen molar-refractivity contribution in [2.45, 2.75) is 39.3 Å². The molecule has 0 saturated carbocycles. The third kappa shape index (κ3) is 4.24. The highest BCUT2D eigenvalue weighted by Gasteiger charge is 2.36. The fourth-order valence-electron chi connectivity index (χ4n) is 3.59. The summed E-state index contributed by atoms with van der Waals surface area (Å²) in [4.78, 5) is 18.3. The van der Waals surface area contributed by atoms with E-state index >= 15 is 0 Å². The van der Waals surface area contributed by atoms with Crippen LogP contribution in [-0.2, 0) is 29.0 Å². The summed E-state index contributed by atoms with van der Waals surface area (Å²) in [7, 11) is 3.21. The molecule has 2 unspecified atom stereocenters. The van der Waals surface area contributed by atoms with Crippen LogP contribution in [0.1, 0.15) is 31.4 Å². The van der Waals surface area contributed by atoms with Crippen molar-refractivity contribution >= 4 is 35.9 Å². The van der Waals surface area contributed by atoms with E-state index in [1.165, 1.54) is 20.0 Å². The smallest absolute Gasteiger partial charge is 0.310 e. The minimum atomic E-state index is -0.146. The quantitative estimate of drug-likeness (QED) is 0.313. The van der Waals surface area contributed by atoms with Gasteiger partial charge in [-0.2, -0.15) is 0 Å². The summed E-state index contributed by atoms with van der Waals surface area (Å²) < 4.78 is 7.10. The molecule has 0 aliphatic carbocycles. The Morgan fingerprint density at radius 2 is 2.16 bits per heavy atom. The molecule has 0 amide bonds. The summed E-state index contributed by atoms with van der Waals surface area (Å²) in [6.07, 6.45) is 3.37. The van der Waals surface area contributed by atoms with Crippen molar-refractivity contribution in [2.75, 3.05) is 27.2 Å². The average molecular weight is 462 g/mol. The maximum Gasteiger partial charge on any atom is 0.310 e. The number of methoxy groups -OCH3 is 1. The molecular weight excluding hydrogens is 435 g/mol. The molecule has 0 bridgehead atoms. The summed E-state index contributed by atoms with van der Waals surface area (Å²) >= 11 is 0. The van der Waals surface area contributed by atoms with E-state index in [-0.39, 0.29) is 41.8 Å². The van der Waals surface area contributed by atoms with E-state index in [2.05, 4.69) is 36.9 Å². The Labute approximate surface area is 165 Å². The topological polar surface area (TPSA) is 84.6 Å². The van der Waals surface area contributed by atoms with Crippen molar-refractivity contribution < 1.29 is 9.53 Å². The number of aryl methyl sites for hydroxylation is 1. The molecular formula is C16H27IN6O2. The number of ether oxygens (including phenoxy) is 1. The number of esters is 1. The molecule has 1 saturated heterocycles. The van der Waals surface area contributed by atoms with Gasteiger partial charge in [-0.05, 0) is 18.8 Å². The number of aliphatic imine (C=N–C) groups is 1. The third-order valence-corrected chi connectivity index (χ3v) is 4.97. The van der Waals surface area contributed by atoms with Crippen LogP contribution in [-0.4, -0.2) is 58.8 Å². The lowest BCUT2D eigenvalue weighted by Gasteiger charge is -2.22. The van der Waals surface area contributed by atoms with Gasteiger partial charge >= 0.3 is 5.97 Å². The molecule has 3 rings (SSSR count). The highest BCUT2D eigenvalue weighted by molar-refractivity contribution is 14.0. The summed E-state index contributed by atoms with van der Waals surface area (Å²) in [5.74, 6) is 2.82. The summed E-state index contributed by atoms with van der Waals surface area (Å²) in [5.41, 5.74) is 0. The van der Waals surface area contributed by atoms with E-state index in [9.17, 15) is 4.79 Å². The normalized spacial score (nSPS) is 23.0. The van der Waals surface area contributed by atoms with Crippen LogP contribution in [0.4, 0.5) is 0 Å². The Balaban J connectivity index is 0.00000225. The van der Waals surface area contributed by atoms with Gasteiger partial charge in [-0.15, -0.1) is 34.2 Å². The first-order valence-electron chi connectivity index (χ1n) is 8.58. The van der Waals surface area contributed by atoms with Crippen LogP contribution in [0.15, 0.2) is 4.99 Å². The minimum Gasteiger partial charge on any atom is -0.469 e. The molecule has 8 nitrogen and oxygen atoms in total. The number of aromatic nitrogens is 3. The zero-order valence-electron chi connectivity index (χ0n) is 15.1. The second-order valence-electron chi connectivity index (χ2n) is 6.55. The molecule has 0 aromatic carbocycles. The van der Waals surface area contributed by atoms with Gasteiger partial charge in [0.25, 0.3) is 0 Å². The first kappa shape index (κ1) is 19.9. The van der Waals surface area contributed by atoms with Crippen molar-refractivity contribution in [3.8, 4) is 0 Å². The van der Waals surface area contributed by atoms with Gasteiger partial charge in [0.15, 0.2) is 11.8 Å². The number of hydrogen-bond acceptors (Lipinski definition) is 5. The van der Waals surface area contributed by atoms with Crippen LogP contribution >= 0.6 is 24.0 Å². The van der Waals surface area contributed by atoms with Gasteiger partial charge in [0.2, 0.25) is 0 Å². The number of hydrogen-bond donors (Lipinski definition) is 1. The molecule has 0 spiro atoms. The molecule has 3 heterocycles. The second kappa shape index (κ2) is 8.81. The summed E-state index contributed by atoms with van der Waals surface area (Å²) in [5, 5.41) is 11.9. The van der Waals surface area contributed by atoms with Crippen LogP contribution in [0.25, 0.3) is 0 Å². The number of carbonyl (C=O) groups excluding carboxylic acids is 1. The van der Waals surface area contributed by atoms with Gasteiger partial charge in [-0.1, -0.05) is 6.92 Å². The molecule has 1 aromatic rings. The van der Waals surface area contributed by atoms with E-state index in [1.807, 2.05) is 0 Å². The van der Waals surface area contributed by atoms with Crippen LogP contribution in [0, 0.1) is 11.8 Å². The molecule has 2 atom stereocenters. The van der Waals surface area contributed by atoms with Crippen molar-refractivity contribution in [1.29, 1.82) is 0 Å². The zero-order valence-corrected chi connectivity index (χ0v) is 17.4. The standard InChI is InChI=1S/C16H26N6O2.HI/c1-11-9-21(10-12(11)15(23)24-3)16(17-2)18-8-14-20-19-13-6-4-5-7-22(13)14;/h11-12H,4-10H2,1-3H3,(H,17,18);1H. The Bertz CT molecular complexity index is 632. The number of nitrogens with zero attached hydrogens (tertiary/aromatic N) is 5. The summed E-state index contributed by atoms with van der Waals surface area (Å²) in [6.45, 7) is 5.07. The molecule has 2 aliphatic heterocycles. The zero-order chi connectivity index (χ0) is 17.1. The van der Waals surface area contributed by atoms with Crippen molar-refractivity contribution in [3.63, 3.8) is 0 Å². The number of carbonyl (C=O) groups is 1. The molecule has 1 fully saturated rings. The van der Waals surface area contributed by atoms with Crippen LogP contribution < -0.4 is 5.32 Å². The molecule has 1 N–H and O–H groups in total. The molecule has 25 heavy (non-hydrogen) atoms. The largest absolute Gasteiger partial charge is 0.469 e. The van der Waals surface area contributed by atoms with Crippen molar-refractivity contribution in [1.82, 2.24) is 25.0 Å². The van der Waals surface area contributed by atoms with Gasteiger partial charge in [0.1, 0.15) is 5.82 Å². The highest BCUT2D eigenvalue weighted by Crippen LogP contribution is 2.24. The predicted molar refractivity (Wildman–Crippen MR) is 105 cm³/mol. The Morgan fingerprint density at radius 1 is 1.36 bits per heavy atom. The molecule has 2 aliphatic rings. The van der Waals surface area contributed by atoms with E-state index in [0.29, 0.717) is 13.1 Å². The van der Waals surface area contributed by atoms with Crippen LogP contribution in [0.2, 0.25) is 0 Å². The maximum absolute atomic E-state index is 11.9. The van der Waals surface area contributed by atoms with Crippen LogP contribution in [0.5, 0.6) is 0 Å². The average Bonchev–Trinajstić information content (AvgIpc) is 3.19. The number of nitrogens with one attached hydrogen (secondary N) is 1. The lowest BCUT2D eigenvalue weighted by atomic mass is 9.99. The lowest BCUT2D eigenvalue weighted by molar-refractivity contribution is -0.145. The molecule has 140 valence electrons. The minimum absolute atomic E-state index is 0. The van der Waals surface area contributed by atoms with E-state index in [4.69, 9.17) is 4.74 Å². The number of guanidine groups is 1. The second-order valence-corrected chi connectivity index (χ2v) is 6.55. The number of fused-ring (bicyclic) bond motifs is 1. The number of likely N-dealkylation sites (tertiary alicyclic amines) is 1. The van der Waals surface area contributed by atoms with E-state index < -0.39 is 0 Å². The molecule has 1 aromatic heterocycles. The third-order valence-electron chi connectivity index (χ3n) is 4.97.